The highest BCUT2D eigenvalue weighted by Crippen LogP contribution is 2.34. The van der Waals surface area contributed by atoms with Crippen LogP contribution in [0.3, 0.4) is 0 Å². The van der Waals surface area contributed by atoms with Gasteiger partial charge in [-0.3, -0.25) is 4.79 Å². The zero-order valence-corrected chi connectivity index (χ0v) is 13.5. The third-order valence-electron chi connectivity index (χ3n) is 3.92. The molecule has 3 rings (SSSR count). The van der Waals surface area contributed by atoms with Gasteiger partial charge in [0.15, 0.2) is 11.5 Å². The van der Waals surface area contributed by atoms with Gasteiger partial charge < -0.3 is 20.1 Å². The van der Waals surface area contributed by atoms with Crippen LogP contribution in [0.25, 0.3) is 0 Å². The lowest BCUT2D eigenvalue weighted by Gasteiger charge is -2.16. The maximum absolute atomic E-state index is 12.3. The summed E-state index contributed by atoms with van der Waals surface area (Å²) in [5.41, 5.74) is 4.04. The molecule has 1 amide bonds. The first-order valence-electron chi connectivity index (χ1n) is 7.57. The Labute approximate surface area is 135 Å². The predicted molar refractivity (Wildman–Crippen MR) is 90.2 cm³/mol. The molecule has 5 heteroatoms. The molecule has 0 spiro atoms. The van der Waals surface area contributed by atoms with Gasteiger partial charge in [0.1, 0.15) is 6.04 Å². The summed E-state index contributed by atoms with van der Waals surface area (Å²) in [5.74, 6) is 1.24. The number of benzene rings is 2. The molecule has 0 bridgehead atoms. The zero-order valence-electron chi connectivity index (χ0n) is 13.5. The van der Waals surface area contributed by atoms with Crippen LogP contribution in [0.4, 0.5) is 11.4 Å². The molecule has 2 N–H and O–H groups in total. The van der Waals surface area contributed by atoms with Crippen LogP contribution in [0, 0.1) is 13.8 Å². The number of anilines is 2. The van der Waals surface area contributed by atoms with Gasteiger partial charge in [0.25, 0.3) is 0 Å². The number of hydrogen-bond acceptors (Lipinski definition) is 4. The zero-order chi connectivity index (χ0) is 16.4. The van der Waals surface area contributed by atoms with Crippen molar-refractivity contribution >= 4 is 17.3 Å². The van der Waals surface area contributed by atoms with Crippen LogP contribution in [0.1, 0.15) is 18.1 Å². The molecule has 1 unspecified atom stereocenters. The van der Waals surface area contributed by atoms with Crippen LogP contribution < -0.4 is 20.1 Å². The Morgan fingerprint density at radius 2 is 1.74 bits per heavy atom. The Morgan fingerprint density at radius 1 is 1.00 bits per heavy atom. The Morgan fingerprint density at radius 3 is 2.52 bits per heavy atom. The van der Waals surface area contributed by atoms with Gasteiger partial charge in [-0.15, -0.1) is 0 Å². The highest BCUT2D eigenvalue weighted by Gasteiger charge is 2.17. The largest absolute Gasteiger partial charge is 0.454 e. The fraction of sp³-hybridized carbons (Fsp3) is 0.278. The molecule has 0 saturated heterocycles. The molecular weight excluding hydrogens is 292 g/mol. The van der Waals surface area contributed by atoms with Crippen LogP contribution in [0.2, 0.25) is 0 Å². The van der Waals surface area contributed by atoms with E-state index in [9.17, 15) is 4.79 Å². The molecule has 5 nitrogen and oxygen atoms in total. The minimum atomic E-state index is -0.359. The number of nitrogens with one attached hydrogen (secondary N) is 2. The van der Waals surface area contributed by atoms with E-state index in [2.05, 4.69) is 24.5 Å². The number of carbonyl (C=O) groups excluding carboxylic acids is 1. The standard InChI is InChI=1S/C18H20N2O3/c1-11-4-5-14(8-12(11)2)19-13(3)18(21)20-15-6-7-16-17(9-15)23-10-22-16/h4-9,13,19H,10H2,1-3H3,(H,20,21). The molecule has 2 aromatic carbocycles. The van der Waals surface area contributed by atoms with Gasteiger partial charge in [-0.2, -0.15) is 0 Å². The second kappa shape index (κ2) is 6.20. The summed E-state index contributed by atoms with van der Waals surface area (Å²) in [6.07, 6.45) is 0. The lowest BCUT2D eigenvalue weighted by Crippen LogP contribution is -2.31. The average Bonchev–Trinajstić information content (AvgIpc) is 2.98. The fourth-order valence-corrected chi connectivity index (χ4v) is 2.37. The van der Waals surface area contributed by atoms with Gasteiger partial charge in [-0.05, 0) is 56.2 Å². The third kappa shape index (κ3) is 3.39. The summed E-state index contributed by atoms with van der Waals surface area (Å²) in [6.45, 7) is 6.17. The van der Waals surface area contributed by atoms with Gasteiger partial charge in [0.2, 0.25) is 12.7 Å². The van der Waals surface area contributed by atoms with E-state index in [4.69, 9.17) is 9.47 Å². The predicted octanol–water partition coefficient (Wildman–Crippen LogP) is 3.47. The minimum absolute atomic E-state index is 0.109. The maximum Gasteiger partial charge on any atom is 0.246 e. The van der Waals surface area contributed by atoms with E-state index in [0.717, 1.165) is 5.69 Å². The van der Waals surface area contributed by atoms with E-state index in [0.29, 0.717) is 17.2 Å². The quantitative estimate of drug-likeness (QED) is 0.907. The first kappa shape index (κ1) is 15.2. The fourth-order valence-electron chi connectivity index (χ4n) is 2.37. The Balaban J connectivity index is 1.64. The summed E-state index contributed by atoms with van der Waals surface area (Å²) in [4.78, 5) is 12.3. The number of rotatable bonds is 4. The molecule has 23 heavy (non-hydrogen) atoms. The van der Waals surface area contributed by atoms with E-state index < -0.39 is 0 Å². The monoisotopic (exact) mass is 312 g/mol. The molecule has 0 aliphatic carbocycles. The second-order valence-corrected chi connectivity index (χ2v) is 5.72. The Hall–Kier alpha value is -2.69. The van der Waals surface area contributed by atoms with Gasteiger partial charge in [-0.25, -0.2) is 0 Å². The molecule has 0 radical (unpaired) electrons. The summed E-state index contributed by atoms with van der Waals surface area (Å²) in [7, 11) is 0. The molecule has 1 heterocycles. The van der Waals surface area contributed by atoms with Crippen molar-refractivity contribution in [2.24, 2.45) is 0 Å². The first-order chi connectivity index (χ1) is 11.0. The van der Waals surface area contributed by atoms with E-state index in [-0.39, 0.29) is 18.7 Å². The third-order valence-corrected chi connectivity index (χ3v) is 3.92. The molecule has 0 aromatic heterocycles. The summed E-state index contributed by atoms with van der Waals surface area (Å²) in [6, 6.07) is 11.1. The van der Waals surface area contributed by atoms with Crippen LogP contribution in [-0.4, -0.2) is 18.7 Å². The molecule has 1 aliphatic heterocycles. The molecule has 0 fully saturated rings. The molecular formula is C18H20N2O3. The van der Waals surface area contributed by atoms with Crippen LogP contribution in [0.15, 0.2) is 36.4 Å². The maximum atomic E-state index is 12.3. The summed E-state index contributed by atoms with van der Waals surface area (Å²) >= 11 is 0. The molecule has 120 valence electrons. The number of amides is 1. The number of aryl methyl sites for hydroxylation is 2. The highest BCUT2D eigenvalue weighted by molar-refractivity contribution is 5.96. The van der Waals surface area contributed by atoms with Crippen LogP contribution >= 0.6 is 0 Å². The van der Waals surface area contributed by atoms with Gasteiger partial charge in [0, 0.05) is 17.4 Å². The van der Waals surface area contributed by atoms with Crippen molar-refractivity contribution in [3.05, 3.63) is 47.5 Å². The van der Waals surface area contributed by atoms with E-state index in [1.54, 1.807) is 18.2 Å². The normalized spacial score (nSPS) is 13.5. The summed E-state index contributed by atoms with van der Waals surface area (Å²) in [5, 5.41) is 6.09. The molecule has 1 atom stereocenters. The van der Waals surface area contributed by atoms with E-state index in [1.807, 2.05) is 25.1 Å². The van der Waals surface area contributed by atoms with Gasteiger partial charge >= 0.3 is 0 Å². The first-order valence-corrected chi connectivity index (χ1v) is 7.57. The Bertz CT molecular complexity index is 743. The summed E-state index contributed by atoms with van der Waals surface area (Å²) < 4.78 is 10.6. The van der Waals surface area contributed by atoms with Crippen molar-refractivity contribution in [2.45, 2.75) is 26.8 Å². The number of ether oxygens (including phenoxy) is 2. The molecule has 1 aliphatic rings. The highest BCUT2D eigenvalue weighted by atomic mass is 16.7. The van der Waals surface area contributed by atoms with Crippen molar-refractivity contribution in [1.82, 2.24) is 0 Å². The topological polar surface area (TPSA) is 59.6 Å². The van der Waals surface area contributed by atoms with Crippen molar-refractivity contribution in [1.29, 1.82) is 0 Å². The lowest BCUT2D eigenvalue weighted by molar-refractivity contribution is -0.116. The minimum Gasteiger partial charge on any atom is -0.454 e. The van der Waals surface area contributed by atoms with Crippen molar-refractivity contribution in [3.8, 4) is 11.5 Å². The van der Waals surface area contributed by atoms with Gasteiger partial charge in [0.05, 0.1) is 0 Å². The number of carbonyl (C=O) groups is 1. The van der Waals surface area contributed by atoms with Crippen molar-refractivity contribution in [2.75, 3.05) is 17.4 Å². The van der Waals surface area contributed by atoms with E-state index >= 15 is 0 Å². The van der Waals surface area contributed by atoms with Crippen LogP contribution in [-0.2, 0) is 4.79 Å². The molecule has 0 saturated carbocycles. The smallest absolute Gasteiger partial charge is 0.246 e. The second-order valence-electron chi connectivity index (χ2n) is 5.72. The van der Waals surface area contributed by atoms with Crippen molar-refractivity contribution < 1.29 is 14.3 Å². The SMILES string of the molecule is Cc1ccc(NC(C)C(=O)Nc2ccc3c(c2)OCO3)cc1C. The van der Waals surface area contributed by atoms with Crippen molar-refractivity contribution in [3.63, 3.8) is 0 Å². The number of hydrogen-bond donors (Lipinski definition) is 2. The van der Waals surface area contributed by atoms with Gasteiger partial charge in [-0.1, -0.05) is 6.07 Å². The number of fused-ring (bicyclic) bond motifs is 1. The average molecular weight is 312 g/mol. The lowest BCUT2D eigenvalue weighted by atomic mass is 10.1. The van der Waals surface area contributed by atoms with E-state index in [1.165, 1.54) is 11.1 Å². The Kier molecular flexibility index (Phi) is 4.10. The molecule has 2 aromatic rings. The van der Waals surface area contributed by atoms with Crippen LogP contribution in [0.5, 0.6) is 11.5 Å².